The molecule has 0 aliphatic heterocycles. The molecule has 0 bridgehead atoms. The molecule has 1 rings (SSSR count). The van der Waals surface area contributed by atoms with Crippen LogP contribution in [0.15, 0.2) is 12.3 Å². The van der Waals surface area contributed by atoms with Gasteiger partial charge in [0.15, 0.2) is 5.69 Å². The number of carbonyl (C=O) groups is 1. The van der Waals surface area contributed by atoms with Crippen LogP contribution in [0.5, 0.6) is 5.75 Å². The van der Waals surface area contributed by atoms with E-state index in [1.165, 1.54) is 0 Å². The number of hydrogen-bond acceptors (Lipinski definition) is 4. The minimum atomic E-state index is -2.74. The summed E-state index contributed by atoms with van der Waals surface area (Å²) in [6.07, 6.45) is -1.92. The first-order chi connectivity index (χ1) is 6.56. The van der Waals surface area contributed by atoms with E-state index in [1.807, 2.05) is 0 Å². The predicted octanol–water partition coefficient (Wildman–Crippen LogP) is 1.51. The van der Waals surface area contributed by atoms with Crippen LogP contribution in [0.3, 0.4) is 0 Å². The normalized spacial score (nSPS) is 10.3. The van der Waals surface area contributed by atoms with E-state index in [1.54, 1.807) is 0 Å². The second kappa shape index (κ2) is 3.99. The van der Waals surface area contributed by atoms with Crippen LogP contribution >= 0.6 is 0 Å². The summed E-state index contributed by atoms with van der Waals surface area (Å²) in [5.41, 5.74) is -0.827. The van der Waals surface area contributed by atoms with Crippen molar-refractivity contribution in [1.82, 2.24) is 4.98 Å². The number of aromatic hydroxyl groups is 1. The highest BCUT2D eigenvalue weighted by Crippen LogP contribution is 2.23. The zero-order valence-corrected chi connectivity index (χ0v) is 7.20. The second-order valence-electron chi connectivity index (χ2n) is 2.43. The van der Waals surface area contributed by atoms with Gasteiger partial charge in [0.25, 0.3) is 6.43 Å². The molecule has 0 fully saturated rings. The van der Waals surface area contributed by atoms with Crippen molar-refractivity contribution in [3.8, 4) is 5.75 Å². The molecule has 0 aromatic carbocycles. The third kappa shape index (κ3) is 1.95. The Morgan fingerprint density at radius 1 is 1.64 bits per heavy atom. The Kier molecular flexibility index (Phi) is 2.95. The van der Waals surface area contributed by atoms with Crippen LogP contribution < -0.4 is 0 Å². The molecular formula is C8H7F2NO3. The van der Waals surface area contributed by atoms with Crippen LogP contribution in [0.1, 0.15) is 22.5 Å². The van der Waals surface area contributed by atoms with Gasteiger partial charge in [0.2, 0.25) is 0 Å². The number of carbonyl (C=O) groups excluding carboxylic acids is 1. The summed E-state index contributed by atoms with van der Waals surface area (Å²) in [4.78, 5) is 14.2. The molecule has 0 amide bonds. The van der Waals surface area contributed by atoms with Gasteiger partial charge in [-0.15, -0.1) is 0 Å². The zero-order chi connectivity index (χ0) is 10.7. The van der Waals surface area contributed by atoms with E-state index in [0.717, 1.165) is 19.4 Å². The monoisotopic (exact) mass is 203 g/mol. The summed E-state index contributed by atoms with van der Waals surface area (Å²) in [5.74, 6) is -1.49. The van der Waals surface area contributed by atoms with Crippen molar-refractivity contribution < 1.29 is 23.4 Å². The molecule has 0 aliphatic carbocycles. The van der Waals surface area contributed by atoms with Crippen LogP contribution in [0, 0.1) is 0 Å². The molecule has 1 aromatic heterocycles. The van der Waals surface area contributed by atoms with Gasteiger partial charge in [-0.25, -0.2) is 18.6 Å². The maximum Gasteiger partial charge on any atom is 0.360 e. The van der Waals surface area contributed by atoms with Gasteiger partial charge in [-0.3, -0.25) is 0 Å². The van der Waals surface area contributed by atoms with Gasteiger partial charge in [0.1, 0.15) is 5.75 Å². The number of halogens is 2. The first kappa shape index (κ1) is 10.4. The van der Waals surface area contributed by atoms with E-state index in [9.17, 15) is 13.6 Å². The van der Waals surface area contributed by atoms with Crippen molar-refractivity contribution in [3.05, 3.63) is 23.5 Å². The van der Waals surface area contributed by atoms with Crippen molar-refractivity contribution in [3.63, 3.8) is 0 Å². The summed E-state index contributed by atoms with van der Waals surface area (Å²) in [7, 11) is 1.10. The van der Waals surface area contributed by atoms with Crippen LogP contribution in [-0.4, -0.2) is 23.2 Å². The number of aromatic nitrogens is 1. The minimum Gasteiger partial charge on any atom is -0.505 e. The fraction of sp³-hybridized carbons (Fsp3) is 0.250. The van der Waals surface area contributed by atoms with Gasteiger partial charge in [-0.1, -0.05) is 0 Å². The van der Waals surface area contributed by atoms with Crippen LogP contribution in [0.4, 0.5) is 8.78 Å². The first-order valence-corrected chi connectivity index (χ1v) is 3.61. The number of pyridine rings is 1. The average molecular weight is 203 g/mol. The third-order valence-corrected chi connectivity index (χ3v) is 1.52. The molecule has 0 unspecified atom stereocenters. The molecule has 6 heteroatoms. The number of ether oxygens (including phenoxy) is 1. The van der Waals surface area contributed by atoms with Crippen molar-refractivity contribution in [2.75, 3.05) is 7.11 Å². The molecule has 1 heterocycles. The molecule has 1 N–H and O–H groups in total. The maximum atomic E-state index is 12.1. The third-order valence-electron chi connectivity index (χ3n) is 1.52. The molecule has 0 aliphatic rings. The highest BCUT2D eigenvalue weighted by Gasteiger charge is 2.16. The number of rotatable bonds is 2. The summed E-state index contributed by atoms with van der Waals surface area (Å²) in [5, 5.41) is 9.15. The highest BCUT2D eigenvalue weighted by molar-refractivity contribution is 5.90. The molecule has 0 saturated heterocycles. The van der Waals surface area contributed by atoms with E-state index >= 15 is 0 Å². The summed E-state index contributed by atoms with van der Waals surface area (Å²) in [6, 6.07) is 0.782. The average Bonchev–Trinajstić information content (AvgIpc) is 2.16. The van der Waals surface area contributed by atoms with Gasteiger partial charge < -0.3 is 9.84 Å². The van der Waals surface area contributed by atoms with Crippen molar-refractivity contribution in [2.45, 2.75) is 6.43 Å². The standard InChI is InChI=1S/C8H7F2NO3/c1-14-8(13)6-5(12)2-4(3-11-6)7(9)10/h2-3,7,12H,1H3. The number of nitrogens with zero attached hydrogens (tertiary/aromatic N) is 1. The van der Waals surface area contributed by atoms with Crippen LogP contribution in [-0.2, 0) is 4.74 Å². The molecule has 0 atom stereocenters. The molecule has 0 saturated carbocycles. The molecule has 4 nitrogen and oxygen atoms in total. The Morgan fingerprint density at radius 2 is 2.29 bits per heavy atom. The lowest BCUT2D eigenvalue weighted by Crippen LogP contribution is -2.05. The number of hydrogen-bond donors (Lipinski definition) is 1. The minimum absolute atomic E-state index is 0.378. The second-order valence-corrected chi connectivity index (χ2v) is 2.43. The molecule has 0 spiro atoms. The highest BCUT2D eigenvalue weighted by atomic mass is 19.3. The van der Waals surface area contributed by atoms with Gasteiger partial charge in [-0.05, 0) is 6.07 Å². The molecule has 1 aromatic rings. The molecule has 76 valence electrons. The van der Waals surface area contributed by atoms with Gasteiger partial charge >= 0.3 is 5.97 Å². The van der Waals surface area contributed by atoms with Crippen molar-refractivity contribution in [1.29, 1.82) is 0 Å². The zero-order valence-electron chi connectivity index (χ0n) is 7.20. The van der Waals surface area contributed by atoms with Crippen LogP contribution in [0.2, 0.25) is 0 Å². The number of methoxy groups -OCH3 is 1. The Labute approximate surface area is 78.1 Å². The number of alkyl halides is 2. The Morgan fingerprint density at radius 3 is 2.71 bits per heavy atom. The molecular weight excluding hydrogens is 196 g/mol. The topological polar surface area (TPSA) is 59.4 Å². The van der Waals surface area contributed by atoms with Gasteiger partial charge in [-0.2, -0.15) is 0 Å². The fourth-order valence-corrected chi connectivity index (χ4v) is 0.842. The lowest BCUT2D eigenvalue weighted by molar-refractivity contribution is 0.0589. The molecule has 14 heavy (non-hydrogen) atoms. The van der Waals surface area contributed by atoms with E-state index in [-0.39, 0.29) is 5.69 Å². The lowest BCUT2D eigenvalue weighted by atomic mass is 10.2. The van der Waals surface area contributed by atoms with E-state index in [0.29, 0.717) is 0 Å². The SMILES string of the molecule is COC(=O)c1ncc(C(F)F)cc1O. The smallest absolute Gasteiger partial charge is 0.360 e. The van der Waals surface area contributed by atoms with E-state index in [2.05, 4.69) is 9.72 Å². The Hall–Kier alpha value is -1.72. The molecule has 0 radical (unpaired) electrons. The maximum absolute atomic E-state index is 12.1. The summed E-state index contributed by atoms with van der Waals surface area (Å²) < 4.78 is 28.5. The quantitative estimate of drug-likeness (QED) is 0.740. The summed E-state index contributed by atoms with van der Waals surface area (Å²) in [6.45, 7) is 0. The first-order valence-electron chi connectivity index (χ1n) is 3.61. The van der Waals surface area contributed by atoms with Crippen LogP contribution in [0.25, 0.3) is 0 Å². The van der Waals surface area contributed by atoms with Gasteiger partial charge in [0.05, 0.1) is 7.11 Å². The summed E-state index contributed by atoms with van der Waals surface area (Å²) >= 11 is 0. The largest absolute Gasteiger partial charge is 0.505 e. The predicted molar refractivity (Wildman–Crippen MR) is 42.2 cm³/mol. The van der Waals surface area contributed by atoms with Crippen molar-refractivity contribution >= 4 is 5.97 Å². The fourth-order valence-electron chi connectivity index (χ4n) is 0.842. The Balaban J connectivity index is 3.07. The van der Waals surface area contributed by atoms with Gasteiger partial charge in [0, 0.05) is 11.8 Å². The van der Waals surface area contributed by atoms with E-state index in [4.69, 9.17) is 5.11 Å². The number of esters is 1. The van der Waals surface area contributed by atoms with E-state index < -0.39 is 23.7 Å². The van der Waals surface area contributed by atoms with Crippen molar-refractivity contribution in [2.24, 2.45) is 0 Å². The Bertz CT molecular complexity index is 354. The lowest BCUT2D eigenvalue weighted by Gasteiger charge is -2.03.